The molecule has 0 bridgehead atoms. The van der Waals surface area contributed by atoms with Crippen molar-refractivity contribution in [1.29, 1.82) is 0 Å². The van der Waals surface area contributed by atoms with Crippen LogP contribution in [0.25, 0.3) is 11.0 Å². The Bertz CT molecular complexity index is 1080. The van der Waals surface area contributed by atoms with E-state index in [1.165, 1.54) is 0 Å². The fourth-order valence-corrected chi connectivity index (χ4v) is 3.21. The van der Waals surface area contributed by atoms with Crippen molar-refractivity contribution in [2.24, 2.45) is 10.8 Å². The number of thiocarbonyl (C=S) groups is 1. The molecule has 0 aliphatic carbocycles. The zero-order valence-corrected chi connectivity index (χ0v) is 16.2. The standard InChI is InChI=1S/C21H21N3O3S/c1-2-14(23-24-21(22)28)12-16(13-8-4-3-5-9-13)18-19(25)15-10-6-7-11-17(15)27-20(18)26/h3-11,16,25H,2,12H2,1H3,(H3,22,24,28)/b23-14-/t16-/m1/s1. The lowest BCUT2D eigenvalue weighted by Gasteiger charge is -2.19. The predicted octanol–water partition coefficient (Wildman–Crippen LogP) is 3.62. The van der Waals surface area contributed by atoms with Crippen LogP contribution in [0.15, 0.2) is 68.9 Å². The predicted molar refractivity (Wildman–Crippen MR) is 115 cm³/mol. The highest BCUT2D eigenvalue weighted by Gasteiger charge is 2.25. The van der Waals surface area contributed by atoms with Gasteiger partial charge in [0.25, 0.3) is 0 Å². The Labute approximate surface area is 167 Å². The highest BCUT2D eigenvalue weighted by molar-refractivity contribution is 7.80. The van der Waals surface area contributed by atoms with E-state index < -0.39 is 11.5 Å². The summed E-state index contributed by atoms with van der Waals surface area (Å²) < 4.78 is 5.48. The molecule has 0 saturated carbocycles. The lowest BCUT2D eigenvalue weighted by Crippen LogP contribution is -2.26. The first-order valence-electron chi connectivity index (χ1n) is 8.91. The summed E-state index contributed by atoms with van der Waals surface area (Å²) in [6.45, 7) is 1.95. The SMILES string of the molecule is CC/C(C[C@H](c1ccccc1)c1c(O)c2ccccc2oc1=O)=N/NC(N)=S. The minimum atomic E-state index is -0.567. The molecule has 1 aromatic heterocycles. The van der Waals surface area contributed by atoms with Crippen LogP contribution in [0.2, 0.25) is 0 Å². The molecule has 0 unspecified atom stereocenters. The molecule has 144 valence electrons. The summed E-state index contributed by atoms with van der Waals surface area (Å²) in [6, 6.07) is 16.4. The van der Waals surface area contributed by atoms with Gasteiger partial charge in [-0.15, -0.1) is 0 Å². The molecule has 3 aromatic rings. The maximum atomic E-state index is 12.8. The molecule has 28 heavy (non-hydrogen) atoms. The molecule has 0 aliphatic rings. The van der Waals surface area contributed by atoms with Gasteiger partial charge in [0.2, 0.25) is 0 Å². The van der Waals surface area contributed by atoms with Gasteiger partial charge in [-0.05, 0) is 42.8 Å². The summed E-state index contributed by atoms with van der Waals surface area (Å²) in [6.07, 6.45) is 1.02. The Hall–Kier alpha value is -3.19. The molecule has 1 atom stereocenters. The summed E-state index contributed by atoms with van der Waals surface area (Å²) in [5.41, 5.74) is 9.68. The van der Waals surface area contributed by atoms with Crippen LogP contribution in [0.5, 0.6) is 5.75 Å². The van der Waals surface area contributed by atoms with Gasteiger partial charge in [0.15, 0.2) is 5.11 Å². The molecule has 1 heterocycles. The van der Waals surface area contributed by atoms with Crippen LogP contribution in [0.4, 0.5) is 0 Å². The molecular formula is C21H21N3O3S. The zero-order chi connectivity index (χ0) is 20.1. The number of hydrazone groups is 1. The lowest BCUT2D eigenvalue weighted by atomic mass is 9.86. The molecule has 0 spiro atoms. The van der Waals surface area contributed by atoms with Crippen molar-refractivity contribution in [2.75, 3.05) is 0 Å². The molecule has 0 aliphatic heterocycles. The third kappa shape index (κ3) is 4.20. The first-order chi connectivity index (χ1) is 13.5. The largest absolute Gasteiger partial charge is 0.507 e. The fraction of sp³-hybridized carbons (Fsp3) is 0.190. The number of fused-ring (bicyclic) bond motifs is 1. The van der Waals surface area contributed by atoms with E-state index in [1.807, 2.05) is 37.3 Å². The second-order valence-electron chi connectivity index (χ2n) is 6.32. The number of rotatable bonds is 6. The summed E-state index contributed by atoms with van der Waals surface area (Å²) >= 11 is 4.81. The molecule has 7 heteroatoms. The van der Waals surface area contributed by atoms with Crippen LogP contribution in [0, 0.1) is 0 Å². The second kappa shape index (κ2) is 8.67. The number of hydrogen-bond donors (Lipinski definition) is 3. The average Bonchev–Trinajstić information content (AvgIpc) is 2.70. The smallest absolute Gasteiger partial charge is 0.343 e. The van der Waals surface area contributed by atoms with Gasteiger partial charge >= 0.3 is 5.63 Å². The number of para-hydroxylation sites is 1. The van der Waals surface area contributed by atoms with Gasteiger partial charge in [-0.2, -0.15) is 5.10 Å². The van der Waals surface area contributed by atoms with Crippen molar-refractivity contribution in [3.05, 3.63) is 76.1 Å². The lowest BCUT2D eigenvalue weighted by molar-refractivity contribution is 0.452. The maximum Gasteiger partial charge on any atom is 0.343 e. The number of nitrogens with two attached hydrogens (primary N) is 1. The van der Waals surface area contributed by atoms with E-state index in [0.29, 0.717) is 23.8 Å². The molecule has 0 radical (unpaired) electrons. The maximum absolute atomic E-state index is 12.8. The molecule has 2 aromatic carbocycles. The van der Waals surface area contributed by atoms with Crippen LogP contribution in [-0.4, -0.2) is 15.9 Å². The van der Waals surface area contributed by atoms with Gasteiger partial charge in [-0.1, -0.05) is 49.4 Å². The van der Waals surface area contributed by atoms with E-state index in [1.54, 1.807) is 24.3 Å². The zero-order valence-electron chi connectivity index (χ0n) is 15.4. The third-order valence-corrected chi connectivity index (χ3v) is 4.63. The summed E-state index contributed by atoms with van der Waals surface area (Å²) in [5, 5.41) is 15.7. The van der Waals surface area contributed by atoms with Gasteiger partial charge in [0.05, 0.1) is 10.9 Å². The van der Waals surface area contributed by atoms with E-state index in [0.717, 1.165) is 11.3 Å². The molecule has 4 N–H and O–H groups in total. The van der Waals surface area contributed by atoms with E-state index in [4.69, 9.17) is 22.4 Å². The Kier molecular flexibility index (Phi) is 6.06. The van der Waals surface area contributed by atoms with Crippen molar-refractivity contribution >= 4 is 34.0 Å². The quantitative estimate of drug-likeness (QED) is 0.255. The minimum absolute atomic E-state index is 0.0651. The molecule has 0 fully saturated rings. The van der Waals surface area contributed by atoms with Crippen LogP contribution in [0.3, 0.4) is 0 Å². The average molecular weight is 395 g/mol. The first-order valence-corrected chi connectivity index (χ1v) is 9.32. The number of benzene rings is 2. The van der Waals surface area contributed by atoms with E-state index in [9.17, 15) is 9.90 Å². The topological polar surface area (TPSA) is 101 Å². The van der Waals surface area contributed by atoms with Crippen molar-refractivity contribution in [2.45, 2.75) is 25.7 Å². The summed E-state index contributed by atoms with van der Waals surface area (Å²) in [7, 11) is 0. The Morgan fingerprint density at radius 1 is 1.21 bits per heavy atom. The normalized spacial score (nSPS) is 12.7. The van der Waals surface area contributed by atoms with Crippen LogP contribution < -0.4 is 16.8 Å². The van der Waals surface area contributed by atoms with Gasteiger partial charge in [0.1, 0.15) is 11.3 Å². The van der Waals surface area contributed by atoms with Gasteiger partial charge < -0.3 is 15.3 Å². The molecule has 3 rings (SSSR count). The summed E-state index contributed by atoms with van der Waals surface area (Å²) in [4.78, 5) is 12.8. The highest BCUT2D eigenvalue weighted by Crippen LogP contribution is 2.36. The first kappa shape index (κ1) is 19.6. The van der Waals surface area contributed by atoms with Crippen molar-refractivity contribution in [1.82, 2.24) is 5.43 Å². The van der Waals surface area contributed by atoms with Gasteiger partial charge in [0, 0.05) is 11.6 Å². The monoisotopic (exact) mass is 395 g/mol. The molecular weight excluding hydrogens is 374 g/mol. The second-order valence-corrected chi connectivity index (χ2v) is 6.76. The Morgan fingerprint density at radius 2 is 1.89 bits per heavy atom. The van der Waals surface area contributed by atoms with E-state index >= 15 is 0 Å². The van der Waals surface area contributed by atoms with E-state index in [-0.39, 0.29) is 16.4 Å². The minimum Gasteiger partial charge on any atom is -0.507 e. The fourth-order valence-electron chi connectivity index (χ4n) is 3.17. The molecule has 0 amide bonds. The number of hydrogen-bond acceptors (Lipinski definition) is 5. The molecule has 0 saturated heterocycles. The van der Waals surface area contributed by atoms with E-state index in [2.05, 4.69) is 10.5 Å². The Morgan fingerprint density at radius 3 is 2.57 bits per heavy atom. The molecule has 6 nitrogen and oxygen atoms in total. The third-order valence-electron chi connectivity index (χ3n) is 4.54. The van der Waals surface area contributed by atoms with Crippen LogP contribution >= 0.6 is 12.2 Å². The van der Waals surface area contributed by atoms with Crippen LogP contribution in [-0.2, 0) is 0 Å². The van der Waals surface area contributed by atoms with Crippen molar-refractivity contribution in [3.8, 4) is 5.75 Å². The van der Waals surface area contributed by atoms with Gasteiger partial charge in [-0.3, -0.25) is 5.43 Å². The number of aromatic hydroxyl groups is 1. The van der Waals surface area contributed by atoms with Crippen molar-refractivity contribution in [3.63, 3.8) is 0 Å². The van der Waals surface area contributed by atoms with Gasteiger partial charge in [-0.25, -0.2) is 4.79 Å². The number of nitrogens with one attached hydrogen (secondary N) is 1. The Balaban J connectivity index is 2.15. The van der Waals surface area contributed by atoms with Crippen LogP contribution in [0.1, 0.15) is 36.8 Å². The summed E-state index contributed by atoms with van der Waals surface area (Å²) in [5.74, 6) is -0.507. The number of nitrogens with zero attached hydrogens (tertiary/aromatic N) is 1. The highest BCUT2D eigenvalue weighted by atomic mass is 32.1. The van der Waals surface area contributed by atoms with Crippen molar-refractivity contribution < 1.29 is 9.52 Å².